The molecule has 0 radical (unpaired) electrons. The molecule has 0 bridgehead atoms. The zero-order valence-corrected chi connectivity index (χ0v) is 21.1. The number of methoxy groups -OCH3 is 2. The largest absolute Gasteiger partial charge is 0.414 e. The fourth-order valence-electron chi connectivity index (χ4n) is 9.72. The van der Waals surface area contributed by atoms with E-state index in [0.717, 1.165) is 43.9 Å². The van der Waals surface area contributed by atoms with Crippen molar-refractivity contribution in [3.63, 3.8) is 0 Å². The predicted molar refractivity (Wildman–Crippen MR) is 121 cm³/mol. The van der Waals surface area contributed by atoms with E-state index < -0.39 is 18.2 Å². The van der Waals surface area contributed by atoms with E-state index in [4.69, 9.17) is 9.47 Å². The SMILES string of the molecule is CC[C@@]1(OC)CC[C@@]2(C)[C@H](CC[C@@H]3[C@@H]2CC[C@]2(C)[C@@H]([C@@H](C)[C@H](OC)C(F)(F)F)CC[C@@H]32)C1. The topological polar surface area (TPSA) is 18.5 Å². The highest BCUT2D eigenvalue weighted by molar-refractivity contribution is 5.11. The van der Waals surface area contributed by atoms with Crippen molar-refractivity contribution in [1.29, 1.82) is 0 Å². The number of rotatable bonds is 5. The smallest absolute Gasteiger partial charge is 0.378 e. The van der Waals surface area contributed by atoms with Crippen molar-refractivity contribution >= 4 is 0 Å². The molecule has 4 saturated carbocycles. The molecule has 4 rings (SSSR count). The van der Waals surface area contributed by atoms with Gasteiger partial charge in [0.05, 0.1) is 5.60 Å². The number of halogens is 3. The van der Waals surface area contributed by atoms with Gasteiger partial charge in [-0.2, -0.15) is 13.2 Å². The third-order valence-corrected chi connectivity index (χ3v) is 11.6. The van der Waals surface area contributed by atoms with Crippen molar-refractivity contribution < 1.29 is 22.6 Å². The second-order valence-electron chi connectivity index (χ2n) is 12.4. The van der Waals surface area contributed by atoms with E-state index in [9.17, 15) is 13.2 Å². The van der Waals surface area contributed by atoms with E-state index in [0.29, 0.717) is 17.3 Å². The van der Waals surface area contributed by atoms with Crippen LogP contribution in [-0.4, -0.2) is 32.1 Å². The molecule has 2 nitrogen and oxygen atoms in total. The normalized spacial score (nSPS) is 48.5. The van der Waals surface area contributed by atoms with Crippen LogP contribution in [0.4, 0.5) is 13.2 Å². The Morgan fingerprint density at radius 3 is 2.19 bits per heavy atom. The molecule has 0 aromatic heterocycles. The number of ether oxygens (including phenoxy) is 2. The lowest BCUT2D eigenvalue weighted by Gasteiger charge is -2.62. The average Bonchev–Trinajstić information content (AvgIpc) is 3.10. The molecule has 0 aromatic rings. The first-order valence-corrected chi connectivity index (χ1v) is 13.1. The molecule has 4 fully saturated rings. The third kappa shape index (κ3) is 3.67. The molecule has 0 heterocycles. The van der Waals surface area contributed by atoms with Gasteiger partial charge in [0.1, 0.15) is 0 Å². The molecule has 10 atom stereocenters. The average molecular weight is 459 g/mol. The quantitative estimate of drug-likeness (QED) is 0.421. The summed E-state index contributed by atoms with van der Waals surface area (Å²) in [6.07, 6.45) is 5.51. The molecule has 32 heavy (non-hydrogen) atoms. The van der Waals surface area contributed by atoms with Crippen molar-refractivity contribution in [3.8, 4) is 0 Å². The molecule has 0 spiro atoms. The van der Waals surface area contributed by atoms with Crippen LogP contribution in [0.15, 0.2) is 0 Å². The molecule has 0 aliphatic heterocycles. The van der Waals surface area contributed by atoms with E-state index in [1.54, 1.807) is 6.92 Å². The number of alkyl halides is 3. The molecular formula is C27H45F3O2. The van der Waals surface area contributed by atoms with Gasteiger partial charge in [0.2, 0.25) is 0 Å². The van der Waals surface area contributed by atoms with Crippen LogP contribution in [0.25, 0.3) is 0 Å². The zero-order valence-electron chi connectivity index (χ0n) is 21.1. The molecule has 4 aliphatic carbocycles. The van der Waals surface area contributed by atoms with E-state index in [2.05, 4.69) is 20.8 Å². The van der Waals surface area contributed by atoms with Crippen LogP contribution >= 0.6 is 0 Å². The molecule has 186 valence electrons. The van der Waals surface area contributed by atoms with Crippen LogP contribution in [0.3, 0.4) is 0 Å². The molecule has 0 N–H and O–H groups in total. The van der Waals surface area contributed by atoms with Crippen molar-refractivity contribution in [2.75, 3.05) is 14.2 Å². The lowest BCUT2D eigenvalue weighted by atomic mass is 9.43. The van der Waals surface area contributed by atoms with Gasteiger partial charge in [0, 0.05) is 14.2 Å². The summed E-state index contributed by atoms with van der Waals surface area (Å²) in [7, 11) is 3.11. The van der Waals surface area contributed by atoms with Gasteiger partial charge in [-0.25, -0.2) is 0 Å². The highest BCUT2D eigenvalue weighted by atomic mass is 19.4. The van der Waals surface area contributed by atoms with Crippen molar-refractivity contribution in [3.05, 3.63) is 0 Å². The molecule has 0 aromatic carbocycles. The number of hydrogen-bond donors (Lipinski definition) is 0. The minimum Gasteiger partial charge on any atom is -0.378 e. The zero-order chi connectivity index (χ0) is 23.5. The van der Waals surface area contributed by atoms with Crippen LogP contribution < -0.4 is 0 Å². The summed E-state index contributed by atoms with van der Waals surface area (Å²) in [5, 5.41) is 0. The van der Waals surface area contributed by atoms with Gasteiger partial charge >= 0.3 is 6.18 Å². The first-order valence-electron chi connectivity index (χ1n) is 13.1. The van der Waals surface area contributed by atoms with Gasteiger partial charge in [-0.1, -0.05) is 27.7 Å². The van der Waals surface area contributed by atoms with Crippen molar-refractivity contribution in [2.45, 2.75) is 110 Å². The van der Waals surface area contributed by atoms with Crippen molar-refractivity contribution in [2.24, 2.45) is 46.3 Å². The summed E-state index contributed by atoms with van der Waals surface area (Å²) in [4.78, 5) is 0. The Morgan fingerprint density at radius 1 is 0.906 bits per heavy atom. The van der Waals surface area contributed by atoms with Crippen LogP contribution in [0.1, 0.15) is 91.9 Å². The third-order valence-electron chi connectivity index (χ3n) is 11.6. The molecule has 5 heteroatoms. The number of hydrogen-bond acceptors (Lipinski definition) is 2. The van der Waals surface area contributed by atoms with Crippen LogP contribution in [0.2, 0.25) is 0 Å². The maximum Gasteiger partial charge on any atom is 0.414 e. The molecule has 4 aliphatic rings. The van der Waals surface area contributed by atoms with Gasteiger partial charge in [-0.3, -0.25) is 0 Å². The van der Waals surface area contributed by atoms with E-state index in [-0.39, 0.29) is 16.9 Å². The minimum absolute atomic E-state index is 0.0141. The van der Waals surface area contributed by atoms with Gasteiger partial charge in [-0.05, 0) is 111 Å². The highest BCUT2D eigenvalue weighted by Gasteiger charge is 2.63. The summed E-state index contributed by atoms with van der Waals surface area (Å²) in [5.41, 5.74) is 0.438. The summed E-state index contributed by atoms with van der Waals surface area (Å²) in [6, 6.07) is 0. The molecular weight excluding hydrogens is 413 g/mol. The van der Waals surface area contributed by atoms with E-state index >= 15 is 0 Å². The predicted octanol–water partition coefficient (Wildman–Crippen LogP) is 7.65. The number of fused-ring (bicyclic) bond motifs is 5. The summed E-state index contributed by atoms with van der Waals surface area (Å²) >= 11 is 0. The van der Waals surface area contributed by atoms with Crippen LogP contribution in [0, 0.1) is 46.3 Å². The second kappa shape index (κ2) is 8.43. The Bertz CT molecular complexity index is 674. The first kappa shape index (κ1) is 24.8. The monoisotopic (exact) mass is 458 g/mol. The summed E-state index contributed by atoms with van der Waals surface area (Å²) in [5.74, 6) is 2.30. The summed E-state index contributed by atoms with van der Waals surface area (Å²) < 4.78 is 52.0. The lowest BCUT2D eigenvalue weighted by molar-refractivity contribution is -0.237. The Morgan fingerprint density at radius 2 is 1.59 bits per heavy atom. The van der Waals surface area contributed by atoms with Crippen LogP contribution in [-0.2, 0) is 9.47 Å². The first-order chi connectivity index (χ1) is 15.0. The maximum atomic E-state index is 13.7. The summed E-state index contributed by atoms with van der Waals surface area (Å²) in [6.45, 7) is 8.93. The minimum atomic E-state index is -4.29. The van der Waals surface area contributed by atoms with Gasteiger partial charge in [-0.15, -0.1) is 0 Å². The second-order valence-corrected chi connectivity index (χ2v) is 12.4. The van der Waals surface area contributed by atoms with Crippen molar-refractivity contribution in [1.82, 2.24) is 0 Å². The fourth-order valence-corrected chi connectivity index (χ4v) is 9.72. The van der Waals surface area contributed by atoms with Gasteiger partial charge in [0.15, 0.2) is 6.10 Å². The fraction of sp³-hybridized carbons (Fsp3) is 1.00. The van der Waals surface area contributed by atoms with Crippen LogP contribution in [0.5, 0.6) is 0 Å². The lowest BCUT2D eigenvalue weighted by Crippen LogP contribution is -2.56. The molecule has 0 saturated heterocycles. The molecule has 0 unspecified atom stereocenters. The highest BCUT2D eigenvalue weighted by Crippen LogP contribution is 2.69. The maximum absolute atomic E-state index is 13.7. The van der Waals surface area contributed by atoms with Gasteiger partial charge in [0.25, 0.3) is 0 Å². The van der Waals surface area contributed by atoms with Gasteiger partial charge < -0.3 is 9.47 Å². The molecule has 0 amide bonds. The Labute approximate surface area is 193 Å². The Hall–Kier alpha value is -0.290. The van der Waals surface area contributed by atoms with E-state index in [1.807, 2.05) is 7.11 Å². The standard InChI is InChI=1S/C27H45F3O2/c1-7-26(32-6)15-14-24(3)18(16-26)8-9-19-21-11-10-20(25(21,4)13-12-22(19)24)17(2)23(31-5)27(28,29)30/h17-23H,7-16H2,1-6H3/t17-,18-,19+,20-,21+,22+,23+,24+,25-,26-/m1/s1. The van der Waals surface area contributed by atoms with E-state index in [1.165, 1.54) is 39.2 Å². The Kier molecular flexibility index (Phi) is 6.54. The Balaban J connectivity index is 1.54.